The molecular weight excluding hydrogens is 264 g/mol. The predicted octanol–water partition coefficient (Wildman–Crippen LogP) is -0.0872. The maximum absolute atomic E-state index is 12.0. The number of pyridine rings is 1. The number of likely N-dealkylation sites (N-methyl/N-ethyl adjacent to an activating group) is 1. The average Bonchev–Trinajstić information content (AvgIpc) is 3.23. The summed E-state index contributed by atoms with van der Waals surface area (Å²) in [4.78, 5) is 6.10. The van der Waals surface area contributed by atoms with Crippen molar-refractivity contribution in [2.24, 2.45) is 5.73 Å². The molecule has 1 heterocycles. The molecule has 0 unspecified atom stereocenters. The average molecular weight is 284 g/mol. The van der Waals surface area contributed by atoms with Gasteiger partial charge in [-0.05, 0) is 31.5 Å². The van der Waals surface area contributed by atoms with Crippen LogP contribution in [-0.4, -0.2) is 44.5 Å². The first-order chi connectivity index (χ1) is 9.03. The Balaban J connectivity index is 1.89. The van der Waals surface area contributed by atoms with Gasteiger partial charge in [0.25, 0.3) is 10.0 Å². The van der Waals surface area contributed by atoms with E-state index in [2.05, 4.69) is 14.6 Å². The van der Waals surface area contributed by atoms with Gasteiger partial charge in [0.1, 0.15) is 0 Å². The molecule has 7 heteroatoms. The van der Waals surface area contributed by atoms with Crippen LogP contribution in [0.1, 0.15) is 18.4 Å². The Labute approximate surface area is 114 Å². The van der Waals surface area contributed by atoms with E-state index in [-0.39, 0.29) is 5.03 Å². The molecule has 19 heavy (non-hydrogen) atoms. The van der Waals surface area contributed by atoms with Crippen LogP contribution in [0.4, 0.5) is 0 Å². The van der Waals surface area contributed by atoms with Crippen molar-refractivity contribution in [3.63, 3.8) is 0 Å². The van der Waals surface area contributed by atoms with Crippen LogP contribution < -0.4 is 10.5 Å². The van der Waals surface area contributed by atoms with Crippen molar-refractivity contribution < 1.29 is 8.42 Å². The van der Waals surface area contributed by atoms with Crippen molar-refractivity contribution in [3.05, 3.63) is 23.9 Å². The van der Waals surface area contributed by atoms with Gasteiger partial charge >= 0.3 is 0 Å². The Kier molecular flexibility index (Phi) is 4.51. The zero-order valence-electron chi connectivity index (χ0n) is 11.0. The minimum atomic E-state index is -3.51. The van der Waals surface area contributed by atoms with Crippen LogP contribution in [0.3, 0.4) is 0 Å². The van der Waals surface area contributed by atoms with Gasteiger partial charge in [0.2, 0.25) is 0 Å². The maximum Gasteiger partial charge on any atom is 0.258 e. The fourth-order valence-corrected chi connectivity index (χ4v) is 2.77. The molecular formula is C12H20N4O2S. The Morgan fingerprint density at radius 2 is 2.21 bits per heavy atom. The minimum Gasteiger partial charge on any atom is -0.326 e. The molecule has 106 valence electrons. The van der Waals surface area contributed by atoms with Crippen LogP contribution in [0, 0.1) is 0 Å². The summed E-state index contributed by atoms with van der Waals surface area (Å²) < 4.78 is 26.5. The molecule has 0 amide bonds. The largest absolute Gasteiger partial charge is 0.326 e. The third-order valence-electron chi connectivity index (χ3n) is 3.24. The number of nitrogens with zero attached hydrogens (tertiary/aromatic N) is 2. The summed E-state index contributed by atoms with van der Waals surface area (Å²) in [5.74, 6) is 0. The van der Waals surface area contributed by atoms with Crippen LogP contribution in [0.2, 0.25) is 0 Å². The Hall–Kier alpha value is -1.02. The highest BCUT2D eigenvalue weighted by atomic mass is 32.2. The van der Waals surface area contributed by atoms with Crippen LogP contribution in [-0.2, 0) is 16.6 Å². The van der Waals surface area contributed by atoms with Crippen LogP contribution >= 0.6 is 0 Å². The first-order valence-electron chi connectivity index (χ1n) is 6.38. The lowest BCUT2D eigenvalue weighted by Crippen LogP contribution is -2.34. The third-order valence-corrected chi connectivity index (χ3v) is 4.61. The van der Waals surface area contributed by atoms with E-state index in [1.165, 1.54) is 25.1 Å². The van der Waals surface area contributed by atoms with Gasteiger partial charge in [0, 0.05) is 31.9 Å². The van der Waals surface area contributed by atoms with E-state index in [0.717, 1.165) is 5.56 Å². The molecule has 1 aromatic rings. The van der Waals surface area contributed by atoms with Crippen molar-refractivity contribution in [1.29, 1.82) is 0 Å². The summed E-state index contributed by atoms with van der Waals surface area (Å²) in [5.41, 5.74) is 6.26. The first-order valence-corrected chi connectivity index (χ1v) is 7.86. The lowest BCUT2D eigenvalue weighted by molar-refractivity contribution is 0.329. The zero-order chi connectivity index (χ0) is 13.9. The van der Waals surface area contributed by atoms with Gasteiger partial charge in [0.15, 0.2) is 5.03 Å². The molecule has 0 spiro atoms. The molecule has 1 aliphatic carbocycles. The molecule has 6 nitrogen and oxygen atoms in total. The molecule has 0 radical (unpaired) electrons. The summed E-state index contributed by atoms with van der Waals surface area (Å²) in [5, 5.41) is 0.0405. The second-order valence-electron chi connectivity index (χ2n) is 4.82. The van der Waals surface area contributed by atoms with E-state index in [4.69, 9.17) is 5.73 Å². The summed E-state index contributed by atoms with van der Waals surface area (Å²) in [7, 11) is -1.50. The lowest BCUT2D eigenvalue weighted by Gasteiger charge is -2.15. The normalized spacial score (nSPS) is 15.9. The van der Waals surface area contributed by atoms with Gasteiger partial charge < -0.3 is 10.6 Å². The molecule has 0 aliphatic heterocycles. The highest BCUT2D eigenvalue weighted by molar-refractivity contribution is 7.89. The molecule has 0 aromatic carbocycles. The van der Waals surface area contributed by atoms with Crippen molar-refractivity contribution in [1.82, 2.24) is 14.6 Å². The smallest absolute Gasteiger partial charge is 0.258 e. The van der Waals surface area contributed by atoms with Crippen LogP contribution in [0.25, 0.3) is 0 Å². The van der Waals surface area contributed by atoms with Crippen LogP contribution in [0.5, 0.6) is 0 Å². The van der Waals surface area contributed by atoms with Crippen molar-refractivity contribution >= 4 is 10.0 Å². The van der Waals surface area contributed by atoms with E-state index in [9.17, 15) is 8.42 Å². The van der Waals surface area contributed by atoms with Crippen molar-refractivity contribution in [3.8, 4) is 0 Å². The monoisotopic (exact) mass is 284 g/mol. The molecule has 0 bridgehead atoms. The highest BCUT2D eigenvalue weighted by Crippen LogP contribution is 2.24. The second kappa shape index (κ2) is 5.96. The number of hydrogen-bond donors (Lipinski definition) is 2. The van der Waals surface area contributed by atoms with Gasteiger partial charge in [-0.3, -0.25) is 0 Å². The number of hydrogen-bond acceptors (Lipinski definition) is 5. The summed E-state index contributed by atoms with van der Waals surface area (Å²) in [6.07, 6.45) is 3.92. The Morgan fingerprint density at radius 1 is 1.47 bits per heavy atom. The fourth-order valence-electron chi connectivity index (χ4n) is 1.82. The van der Waals surface area contributed by atoms with Gasteiger partial charge in [0.05, 0.1) is 0 Å². The SMILES string of the molecule is CN(CCNS(=O)(=O)c1ccc(CN)cn1)C1CC1. The van der Waals surface area contributed by atoms with E-state index in [1.807, 2.05) is 7.05 Å². The lowest BCUT2D eigenvalue weighted by atomic mass is 10.3. The summed E-state index contributed by atoms with van der Waals surface area (Å²) in [6.45, 7) is 1.47. The number of nitrogens with one attached hydrogen (secondary N) is 1. The number of rotatable bonds is 7. The summed E-state index contributed by atoms with van der Waals surface area (Å²) in [6, 6.07) is 3.79. The molecule has 1 saturated carbocycles. The van der Waals surface area contributed by atoms with Crippen molar-refractivity contribution in [2.75, 3.05) is 20.1 Å². The minimum absolute atomic E-state index is 0.0405. The van der Waals surface area contributed by atoms with E-state index in [0.29, 0.717) is 25.7 Å². The Morgan fingerprint density at radius 3 is 2.74 bits per heavy atom. The molecule has 1 fully saturated rings. The molecule has 0 saturated heterocycles. The first kappa shape index (κ1) is 14.4. The van der Waals surface area contributed by atoms with Crippen molar-refractivity contribution in [2.45, 2.75) is 30.5 Å². The topological polar surface area (TPSA) is 88.3 Å². The zero-order valence-corrected chi connectivity index (χ0v) is 11.9. The van der Waals surface area contributed by atoms with E-state index < -0.39 is 10.0 Å². The second-order valence-corrected chi connectivity index (χ2v) is 6.53. The van der Waals surface area contributed by atoms with E-state index in [1.54, 1.807) is 6.07 Å². The number of aromatic nitrogens is 1. The number of nitrogens with two attached hydrogens (primary N) is 1. The highest BCUT2D eigenvalue weighted by Gasteiger charge is 2.26. The van der Waals surface area contributed by atoms with Gasteiger partial charge in [-0.2, -0.15) is 0 Å². The molecule has 1 aromatic heterocycles. The predicted molar refractivity (Wildman–Crippen MR) is 73.0 cm³/mol. The quantitative estimate of drug-likeness (QED) is 0.731. The molecule has 1 aliphatic rings. The van der Waals surface area contributed by atoms with Gasteiger partial charge in [-0.15, -0.1) is 0 Å². The molecule has 0 atom stereocenters. The molecule has 2 rings (SSSR count). The fraction of sp³-hybridized carbons (Fsp3) is 0.583. The maximum atomic E-state index is 12.0. The van der Waals surface area contributed by atoms with Crippen LogP contribution in [0.15, 0.2) is 23.4 Å². The standard InChI is InChI=1S/C12H20N4O2S/c1-16(11-3-4-11)7-6-15-19(17,18)12-5-2-10(8-13)9-14-12/h2,5,9,11,15H,3-4,6-8,13H2,1H3. The van der Waals surface area contributed by atoms with Gasteiger partial charge in [-0.1, -0.05) is 6.07 Å². The summed E-state index contributed by atoms with van der Waals surface area (Å²) >= 11 is 0. The molecule has 3 N–H and O–H groups in total. The number of sulfonamides is 1. The van der Waals surface area contributed by atoms with E-state index >= 15 is 0 Å². The Bertz CT molecular complexity index is 511. The van der Waals surface area contributed by atoms with Gasteiger partial charge in [-0.25, -0.2) is 18.1 Å². The third kappa shape index (κ3) is 3.97.